The number of aromatic nitrogens is 2. The molecule has 0 radical (unpaired) electrons. The highest BCUT2D eigenvalue weighted by Crippen LogP contribution is 2.33. The molecular weight excluding hydrogens is 389 g/mol. The molecule has 156 valence electrons. The standard InChI is InChI=1S/C22H22FN3O4/c1-28-17-6-3-7-18(29-2)19(17)22(27)26-12-4-5-15(13-26)21-24-20(25-30-21)14-8-10-16(23)11-9-14/h3,6-11,15H,4-5,12-13H2,1-2H3. The number of methoxy groups -OCH3 is 2. The minimum Gasteiger partial charge on any atom is -0.496 e. The van der Waals surface area contributed by atoms with Gasteiger partial charge in [0, 0.05) is 18.7 Å². The third-order valence-corrected chi connectivity index (χ3v) is 5.24. The van der Waals surface area contributed by atoms with Crippen molar-refractivity contribution < 1.29 is 23.2 Å². The number of rotatable bonds is 5. The summed E-state index contributed by atoms with van der Waals surface area (Å²) >= 11 is 0. The van der Waals surface area contributed by atoms with E-state index >= 15 is 0 Å². The van der Waals surface area contributed by atoms with Crippen molar-refractivity contribution in [2.75, 3.05) is 27.3 Å². The maximum absolute atomic E-state index is 13.3. The molecule has 1 aromatic heterocycles. The van der Waals surface area contributed by atoms with Gasteiger partial charge in [0.05, 0.1) is 20.1 Å². The number of hydrogen-bond donors (Lipinski definition) is 0. The summed E-state index contributed by atoms with van der Waals surface area (Å²) in [5.74, 6) is 1.25. The van der Waals surface area contributed by atoms with Crippen LogP contribution in [-0.2, 0) is 0 Å². The molecule has 1 amide bonds. The number of hydrogen-bond acceptors (Lipinski definition) is 6. The zero-order valence-electron chi connectivity index (χ0n) is 16.8. The molecule has 30 heavy (non-hydrogen) atoms. The van der Waals surface area contributed by atoms with E-state index in [-0.39, 0.29) is 17.6 Å². The van der Waals surface area contributed by atoms with Crippen LogP contribution in [0.3, 0.4) is 0 Å². The van der Waals surface area contributed by atoms with Gasteiger partial charge >= 0.3 is 0 Å². The summed E-state index contributed by atoms with van der Waals surface area (Å²) in [4.78, 5) is 19.5. The summed E-state index contributed by atoms with van der Waals surface area (Å²) in [5, 5.41) is 4.02. The van der Waals surface area contributed by atoms with Crippen LogP contribution in [0.5, 0.6) is 11.5 Å². The van der Waals surface area contributed by atoms with Crippen LogP contribution in [0.25, 0.3) is 11.4 Å². The van der Waals surface area contributed by atoms with Gasteiger partial charge in [-0.3, -0.25) is 4.79 Å². The van der Waals surface area contributed by atoms with Gasteiger partial charge in [-0.15, -0.1) is 0 Å². The van der Waals surface area contributed by atoms with Gasteiger partial charge in [0.2, 0.25) is 11.7 Å². The van der Waals surface area contributed by atoms with Crippen LogP contribution in [0.15, 0.2) is 47.0 Å². The van der Waals surface area contributed by atoms with E-state index in [9.17, 15) is 9.18 Å². The van der Waals surface area contributed by atoms with Crippen LogP contribution in [0, 0.1) is 5.82 Å². The molecule has 1 fully saturated rings. The number of benzene rings is 2. The Bertz CT molecular complexity index is 1010. The lowest BCUT2D eigenvalue weighted by atomic mass is 9.97. The molecule has 1 aliphatic rings. The van der Waals surface area contributed by atoms with Crippen LogP contribution in [0.4, 0.5) is 4.39 Å². The topological polar surface area (TPSA) is 77.7 Å². The molecule has 0 bridgehead atoms. The zero-order chi connectivity index (χ0) is 21.1. The monoisotopic (exact) mass is 411 g/mol. The maximum Gasteiger partial charge on any atom is 0.261 e. The fraction of sp³-hybridized carbons (Fsp3) is 0.318. The first-order chi connectivity index (χ1) is 14.6. The fourth-order valence-electron chi connectivity index (χ4n) is 3.70. The van der Waals surface area contributed by atoms with Crippen molar-refractivity contribution >= 4 is 5.91 Å². The molecule has 1 aliphatic heterocycles. The number of likely N-dealkylation sites (tertiary alicyclic amines) is 1. The van der Waals surface area contributed by atoms with E-state index < -0.39 is 0 Å². The van der Waals surface area contributed by atoms with Crippen molar-refractivity contribution in [3.63, 3.8) is 0 Å². The molecule has 8 heteroatoms. The third-order valence-electron chi connectivity index (χ3n) is 5.24. The second kappa shape index (κ2) is 8.52. The summed E-state index contributed by atoms with van der Waals surface area (Å²) in [5.41, 5.74) is 1.08. The fourth-order valence-corrected chi connectivity index (χ4v) is 3.70. The Balaban J connectivity index is 1.54. The smallest absolute Gasteiger partial charge is 0.261 e. The second-order valence-electron chi connectivity index (χ2n) is 7.09. The molecule has 0 aliphatic carbocycles. The minimum atomic E-state index is -0.323. The van der Waals surface area contributed by atoms with Gasteiger partial charge in [0.15, 0.2) is 0 Å². The van der Waals surface area contributed by atoms with Crippen LogP contribution in [0.1, 0.15) is 35.0 Å². The van der Waals surface area contributed by atoms with Crippen molar-refractivity contribution in [2.24, 2.45) is 0 Å². The number of halogens is 1. The Morgan fingerprint density at radius 2 is 1.83 bits per heavy atom. The number of ether oxygens (including phenoxy) is 2. The number of piperidine rings is 1. The molecule has 4 rings (SSSR count). The van der Waals surface area contributed by atoms with Gasteiger partial charge in [-0.25, -0.2) is 4.39 Å². The van der Waals surface area contributed by atoms with E-state index in [1.165, 1.54) is 26.4 Å². The molecule has 0 N–H and O–H groups in total. The predicted octanol–water partition coefficient (Wildman–Crippen LogP) is 3.91. The zero-order valence-corrected chi connectivity index (χ0v) is 16.8. The average Bonchev–Trinajstić information content (AvgIpc) is 3.29. The Hall–Kier alpha value is -3.42. The van der Waals surface area contributed by atoms with Crippen molar-refractivity contribution in [2.45, 2.75) is 18.8 Å². The van der Waals surface area contributed by atoms with Crippen LogP contribution >= 0.6 is 0 Å². The Labute approximate surface area is 173 Å². The number of carbonyl (C=O) groups is 1. The van der Waals surface area contributed by atoms with E-state index in [1.807, 2.05) is 0 Å². The lowest BCUT2D eigenvalue weighted by Crippen LogP contribution is -2.39. The van der Waals surface area contributed by atoms with E-state index in [4.69, 9.17) is 14.0 Å². The molecule has 0 saturated carbocycles. The highest BCUT2D eigenvalue weighted by molar-refractivity contribution is 5.99. The van der Waals surface area contributed by atoms with E-state index in [1.54, 1.807) is 35.2 Å². The first-order valence-corrected chi connectivity index (χ1v) is 9.70. The van der Waals surface area contributed by atoms with Crippen molar-refractivity contribution in [3.8, 4) is 22.9 Å². The van der Waals surface area contributed by atoms with Gasteiger partial charge in [-0.1, -0.05) is 11.2 Å². The maximum atomic E-state index is 13.3. The molecule has 0 spiro atoms. The Morgan fingerprint density at radius 1 is 1.13 bits per heavy atom. The summed E-state index contributed by atoms with van der Waals surface area (Å²) in [6, 6.07) is 11.2. The molecule has 2 heterocycles. The molecule has 7 nitrogen and oxygen atoms in total. The molecule has 2 aromatic carbocycles. The summed E-state index contributed by atoms with van der Waals surface area (Å²) in [6.07, 6.45) is 1.64. The highest BCUT2D eigenvalue weighted by atomic mass is 19.1. The molecular formula is C22H22FN3O4. The Morgan fingerprint density at radius 3 is 2.50 bits per heavy atom. The number of nitrogens with zero attached hydrogens (tertiary/aromatic N) is 3. The number of carbonyl (C=O) groups excluding carboxylic acids is 1. The lowest BCUT2D eigenvalue weighted by molar-refractivity contribution is 0.0688. The van der Waals surface area contributed by atoms with E-state index in [0.717, 1.165) is 12.8 Å². The van der Waals surface area contributed by atoms with Crippen molar-refractivity contribution in [3.05, 3.63) is 59.7 Å². The SMILES string of the molecule is COc1cccc(OC)c1C(=O)N1CCCC(c2nc(-c3ccc(F)cc3)no2)C1. The van der Waals surface area contributed by atoms with Crippen molar-refractivity contribution in [1.82, 2.24) is 15.0 Å². The van der Waals surface area contributed by atoms with Gasteiger partial charge in [-0.05, 0) is 49.2 Å². The van der Waals surface area contributed by atoms with Crippen LogP contribution in [-0.4, -0.2) is 48.3 Å². The lowest BCUT2D eigenvalue weighted by Gasteiger charge is -2.31. The highest BCUT2D eigenvalue weighted by Gasteiger charge is 2.31. The predicted molar refractivity (Wildman–Crippen MR) is 107 cm³/mol. The van der Waals surface area contributed by atoms with Crippen LogP contribution < -0.4 is 9.47 Å². The summed E-state index contributed by atoms with van der Waals surface area (Å²) < 4.78 is 29.4. The second-order valence-corrected chi connectivity index (χ2v) is 7.09. The van der Waals surface area contributed by atoms with Crippen LogP contribution in [0.2, 0.25) is 0 Å². The molecule has 1 saturated heterocycles. The quantitative estimate of drug-likeness (QED) is 0.633. The minimum absolute atomic E-state index is 0.0786. The average molecular weight is 411 g/mol. The molecule has 1 atom stereocenters. The first kappa shape index (κ1) is 19.9. The van der Waals surface area contributed by atoms with Crippen molar-refractivity contribution in [1.29, 1.82) is 0 Å². The van der Waals surface area contributed by atoms with Gasteiger partial charge < -0.3 is 18.9 Å². The van der Waals surface area contributed by atoms with E-state index in [0.29, 0.717) is 47.4 Å². The third kappa shape index (κ3) is 3.85. The van der Waals surface area contributed by atoms with Gasteiger partial charge in [0.25, 0.3) is 5.91 Å². The molecule has 1 unspecified atom stereocenters. The van der Waals surface area contributed by atoms with E-state index in [2.05, 4.69) is 10.1 Å². The largest absolute Gasteiger partial charge is 0.496 e. The normalized spacial score (nSPS) is 16.4. The van der Waals surface area contributed by atoms with Gasteiger partial charge in [-0.2, -0.15) is 4.98 Å². The molecule has 3 aromatic rings. The Kier molecular flexibility index (Phi) is 5.65. The first-order valence-electron chi connectivity index (χ1n) is 9.70. The summed E-state index contributed by atoms with van der Waals surface area (Å²) in [7, 11) is 3.06. The number of amides is 1. The van der Waals surface area contributed by atoms with Gasteiger partial charge in [0.1, 0.15) is 22.9 Å². The summed E-state index contributed by atoms with van der Waals surface area (Å²) in [6.45, 7) is 1.07.